The summed E-state index contributed by atoms with van der Waals surface area (Å²) in [5.41, 5.74) is 3.74. The van der Waals surface area contributed by atoms with Crippen molar-refractivity contribution in [2.45, 2.75) is 6.92 Å². The minimum Gasteiger partial charge on any atom is -0.497 e. The summed E-state index contributed by atoms with van der Waals surface area (Å²) < 4.78 is 5.22. The molecular weight excluding hydrogens is 280 g/mol. The minimum absolute atomic E-state index is 0.175. The Kier molecular flexibility index (Phi) is 3.47. The van der Waals surface area contributed by atoms with Gasteiger partial charge in [0.05, 0.1) is 7.11 Å². The van der Waals surface area contributed by atoms with E-state index in [4.69, 9.17) is 9.84 Å². The van der Waals surface area contributed by atoms with Crippen molar-refractivity contribution in [3.05, 3.63) is 53.7 Å². The third-order valence-electron chi connectivity index (χ3n) is 3.46. The van der Waals surface area contributed by atoms with E-state index in [0.29, 0.717) is 0 Å². The fraction of sp³-hybridized carbons (Fsp3) is 0.118. The summed E-state index contributed by atoms with van der Waals surface area (Å²) in [5.74, 6) is -0.213. The molecular formula is C17H16N2O3. The first kappa shape index (κ1) is 14.0. The molecule has 1 aromatic heterocycles. The molecule has 22 heavy (non-hydrogen) atoms. The number of benzene rings is 2. The van der Waals surface area contributed by atoms with Crippen LogP contribution in [0.3, 0.4) is 0 Å². The summed E-state index contributed by atoms with van der Waals surface area (Å²) in [5, 5.41) is 13.3. The zero-order valence-corrected chi connectivity index (χ0v) is 12.3. The second-order valence-corrected chi connectivity index (χ2v) is 5.12. The van der Waals surface area contributed by atoms with Crippen molar-refractivity contribution in [2.24, 2.45) is 0 Å². The van der Waals surface area contributed by atoms with Crippen molar-refractivity contribution in [3.8, 4) is 5.75 Å². The average molecular weight is 296 g/mol. The molecule has 0 fully saturated rings. The van der Waals surface area contributed by atoms with Crippen molar-refractivity contribution in [2.75, 3.05) is 12.4 Å². The number of hydrogen-bond acceptors (Lipinski definition) is 3. The van der Waals surface area contributed by atoms with Gasteiger partial charge >= 0.3 is 5.97 Å². The summed E-state index contributed by atoms with van der Waals surface area (Å²) in [7, 11) is 1.62. The number of H-pyrrole nitrogens is 1. The molecule has 0 spiro atoms. The van der Waals surface area contributed by atoms with Gasteiger partial charge in [-0.1, -0.05) is 6.07 Å². The third-order valence-corrected chi connectivity index (χ3v) is 3.46. The number of carboxylic acid groups (broad SMARTS) is 1. The van der Waals surface area contributed by atoms with Gasteiger partial charge in [-0.15, -0.1) is 0 Å². The number of ether oxygens (including phenoxy) is 1. The van der Waals surface area contributed by atoms with E-state index in [-0.39, 0.29) is 5.69 Å². The van der Waals surface area contributed by atoms with Gasteiger partial charge in [0.15, 0.2) is 0 Å². The van der Waals surface area contributed by atoms with Gasteiger partial charge in [0.25, 0.3) is 0 Å². The predicted molar refractivity (Wildman–Crippen MR) is 86.3 cm³/mol. The molecule has 3 rings (SSSR count). The maximum atomic E-state index is 11.1. The van der Waals surface area contributed by atoms with Crippen LogP contribution in [-0.4, -0.2) is 23.2 Å². The van der Waals surface area contributed by atoms with Crippen LogP contribution in [0, 0.1) is 6.92 Å². The van der Waals surface area contributed by atoms with E-state index < -0.39 is 5.97 Å². The van der Waals surface area contributed by atoms with Crippen molar-refractivity contribution in [3.63, 3.8) is 0 Å². The lowest BCUT2D eigenvalue weighted by Gasteiger charge is -2.10. The van der Waals surface area contributed by atoms with Gasteiger partial charge in [-0.25, -0.2) is 4.79 Å². The van der Waals surface area contributed by atoms with E-state index in [1.165, 1.54) is 0 Å². The smallest absolute Gasteiger partial charge is 0.352 e. The number of anilines is 2. The highest BCUT2D eigenvalue weighted by Crippen LogP contribution is 2.30. The largest absolute Gasteiger partial charge is 0.497 e. The van der Waals surface area contributed by atoms with Gasteiger partial charge in [-0.2, -0.15) is 0 Å². The van der Waals surface area contributed by atoms with Crippen molar-refractivity contribution < 1.29 is 14.6 Å². The molecule has 0 atom stereocenters. The zero-order chi connectivity index (χ0) is 15.7. The number of rotatable bonds is 4. The van der Waals surface area contributed by atoms with Crippen LogP contribution >= 0.6 is 0 Å². The molecule has 0 aliphatic carbocycles. The van der Waals surface area contributed by atoms with Crippen LogP contribution in [0.1, 0.15) is 16.1 Å². The average Bonchev–Trinajstić information content (AvgIpc) is 2.91. The van der Waals surface area contributed by atoms with Crippen LogP contribution in [0.2, 0.25) is 0 Å². The fourth-order valence-electron chi connectivity index (χ4n) is 2.46. The number of fused-ring (bicyclic) bond motifs is 1. The molecule has 5 nitrogen and oxygen atoms in total. The van der Waals surface area contributed by atoms with E-state index in [9.17, 15) is 4.79 Å². The SMILES string of the molecule is COc1cccc(Nc2cc(C)cc3[nH]c(C(=O)O)cc23)c1. The number of methoxy groups -OCH3 is 1. The Bertz CT molecular complexity index is 852. The molecule has 0 saturated heterocycles. The van der Waals surface area contributed by atoms with Crippen LogP contribution in [0.4, 0.5) is 11.4 Å². The minimum atomic E-state index is -0.971. The van der Waals surface area contributed by atoms with Gasteiger partial charge in [0, 0.05) is 28.3 Å². The molecule has 0 saturated carbocycles. The topological polar surface area (TPSA) is 74.3 Å². The number of carboxylic acids is 1. The molecule has 5 heteroatoms. The Labute approximate surface area is 127 Å². The highest BCUT2D eigenvalue weighted by molar-refractivity contribution is 6.00. The number of nitrogens with one attached hydrogen (secondary N) is 2. The maximum Gasteiger partial charge on any atom is 0.352 e. The lowest BCUT2D eigenvalue weighted by Crippen LogP contribution is -1.94. The lowest BCUT2D eigenvalue weighted by atomic mass is 10.1. The Hall–Kier alpha value is -2.95. The van der Waals surface area contributed by atoms with Crippen LogP contribution in [0.15, 0.2) is 42.5 Å². The summed E-state index contributed by atoms with van der Waals surface area (Å²) in [6, 6.07) is 13.1. The summed E-state index contributed by atoms with van der Waals surface area (Å²) in [6.45, 7) is 1.97. The number of aromatic amines is 1. The Balaban J connectivity index is 2.07. The third kappa shape index (κ3) is 2.61. The molecule has 0 aliphatic rings. The van der Waals surface area contributed by atoms with Gasteiger partial charge in [0.1, 0.15) is 11.4 Å². The predicted octanol–water partition coefficient (Wildman–Crippen LogP) is 3.93. The monoisotopic (exact) mass is 296 g/mol. The van der Waals surface area contributed by atoms with E-state index in [1.54, 1.807) is 13.2 Å². The summed E-state index contributed by atoms with van der Waals surface area (Å²) in [6.07, 6.45) is 0. The molecule has 0 bridgehead atoms. The van der Waals surface area contributed by atoms with E-state index in [1.807, 2.05) is 43.3 Å². The molecule has 1 heterocycles. The van der Waals surface area contributed by atoms with Crippen molar-refractivity contribution in [1.29, 1.82) is 0 Å². The highest BCUT2D eigenvalue weighted by atomic mass is 16.5. The van der Waals surface area contributed by atoms with Gasteiger partial charge in [-0.05, 0) is 42.8 Å². The van der Waals surface area contributed by atoms with Crippen LogP contribution in [0.5, 0.6) is 5.75 Å². The molecule has 0 unspecified atom stereocenters. The molecule has 2 aromatic carbocycles. The number of carbonyl (C=O) groups is 1. The van der Waals surface area contributed by atoms with E-state index in [0.717, 1.165) is 33.6 Å². The molecule has 3 N–H and O–H groups in total. The first-order valence-corrected chi connectivity index (χ1v) is 6.84. The van der Waals surface area contributed by atoms with Crippen LogP contribution in [-0.2, 0) is 0 Å². The Morgan fingerprint density at radius 2 is 2.05 bits per heavy atom. The number of hydrogen-bond donors (Lipinski definition) is 3. The number of aromatic nitrogens is 1. The van der Waals surface area contributed by atoms with Crippen LogP contribution < -0.4 is 10.1 Å². The summed E-state index contributed by atoms with van der Waals surface area (Å²) >= 11 is 0. The van der Waals surface area contributed by atoms with E-state index in [2.05, 4.69) is 10.3 Å². The van der Waals surface area contributed by atoms with Crippen molar-refractivity contribution in [1.82, 2.24) is 4.98 Å². The fourth-order valence-corrected chi connectivity index (χ4v) is 2.46. The number of aromatic carboxylic acids is 1. The van der Waals surface area contributed by atoms with Gasteiger partial charge < -0.3 is 20.1 Å². The molecule has 3 aromatic rings. The first-order valence-electron chi connectivity index (χ1n) is 6.84. The number of aryl methyl sites for hydroxylation is 1. The van der Waals surface area contributed by atoms with Crippen LogP contribution in [0.25, 0.3) is 10.9 Å². The maximum absolute atomic E-state index is 11.1. The van der Waals surface area contributed by atoms with E-state index >= 15 is 0 Å². The Morgan fingerprint density at radius 3 is 2.77 bits per heavy atom. The lowest BCUT2D eigenvalue weighted by molar-refractivity contribution is 0.0691. The van der Waals surface area contributed by atoms with Gasteiger partial charge in [0.2, 0.25) is 0 Å². The normalized spacial score (nSPS) is 10.6. The second kappa shape index (κ2) is 5.44. The Morgan fingerprint density at radius 1 is 1.23 bits per heavy atom. The standard InChI is InChI=1S/C17H16N2O3/c1-10-6-14(18-11-4-3-5-12(8-11)22-2)13-9-16(17(20)21)19-15(13)7-10/h3-9,18-19H,1-2H3,(H,20,21). The van der Waals surface area contributed by atoms with Crippen molar-refractivity contribution >= 4 is 28.2 Å². The molecule has 0 radical (unpaired) electrons. The molecule has 0 aliphatic heterocycles. The zero-order valence-electron chi connectivity index (χ0n) is 12.3. The van der Waals surface area contributed by atoms with Gasteiger partial charge in [-0.3, -0.25) is 0 Å². The molecule has 112 valence electrons. The first-order chi connectivity index (χ1) is 10.6. The highest BCUT2D eigenvalue weighted by Gasteiger charge is 2.11. The quantitative estimate of drug-likeness (QED) is 0.682. The summed E-state index contributed by atoms with van der Waals surface area (Å²) in [4.78, 5) is 14.1. The second-order valence-electron chi connectivity index (χ2n) is 5.12. The molecule has 0 amide bonds.